The molecule has 0 spiro atoms. The van der Waals surface area contributed by atoms with E-state index in [0.29, 0.717) is 12.2 Å². The standard InChI is InChI=1S/C12H18N2O2/c13-11-4-5-12(15)14(8-11)6-1-7-16-9-10-2-3-10/h4-5,8,10H,1-3,6-7,9,13H2. The topological polar surface area (TPSA) is 57.2 Å². The molecular weight excluding hydrogens is 204 g/mol. The van der Waals surface area contributed by atoms with Crippen LogP contribution in [0.2, 0.25) is 0 Å². The number of hydrogen-bond donors (Lipinski definition) is 1. The number of hydrogen-bond acceptors (Lipinski definition) is 3. The first-order valence-electron chi connectivity index (χ1n) is 5.79. The molecule has 2 rings (SSSR count). The van der Waals surface area contributed by atoms with E-state index in [4.69, 9.17) is 10.5 Å². The van der Waals surface area contributed by atoms with E-state index in [2.05, 4.69) is 0 Å². The largest absolute Gasteiger partial charge is 0.398 e. The van der Waals surface area contributed by atoms with Crippen LogP contribution in [0.3, 0.4) is 0 Å². The van der Waals surface area contributed by atoms with Crippen LogP contribution in [0.15, 0.2) is 23.1 Å². The summed E-state index contributed by atoms with van der Waals surface area (Å²) in [6.07, 6.45) is 5.17. The maximum absolute atomic E-state index is 11.4. The summed E-state index contributed by atoms with van der Waals surface area (Å²) in [5, 5.41) is 0. The Morgan fingerprint density at radius 1 is 1.44 bits per heavy atom. The summed E-state index contributed by atoms with van der Waals surface area (Å²) in [7, 11) is 0. The lowest BCUT2D eigenvalue weighted by molar-refractivity contribution is 0.119. The Bertz CT molecular complexity index is 396. The second kappa shape index (κ2) is 5.16. The summed E-state index contributed by atoms with van der Waals surface area (Å²) in [6.45, 7) is 2.28. The molecule has 1 heterocycles. The quantitative estimate of drug-likeness (QED) is 0.737. The van der Waals surface area contributed by atoms with E-state index in [9.17, 15) is 4.79 Å². The highest BCUT2D eigenvalue weighted by atomic mass is 16.5. The number of aryl methyl sites for hydroxylation is 1. The zero-order chi connectivity index (χ0) is 11.4. The van der Waals surface area contributed by atoms with Crippen LogP contribution in [-0.2, 0) is 11.3 Å². The molecule has 2 N–H and O–H groups in total. The lowest BCUT2D eigenvalue weighted by Gasteiger charge is -2.06. The molecule has 0 bridgehead atoms. The van der Waals surface area contributed by atoms with E-state index < -0.39 is 0 Å². The molecule has 0 radical (unpaired) electrons. The summed E-state index contributed by atoms with van der Waals surface area (Å²) in [5.74, 6) is 0.801. The fourth-order valence-corrected chi connectivity index (χ4v) is 1.60. The first-order chi connectivity index (χ1) is 7.75. The van der Waals surface area contributed by atoms with E-state index in [0.717, 1.165) is 25.6 Å². The van der Waals surface area contributed by atoms with Gasteiger partial charge in [0.05, 0.1) is 0 Å². The van der Waals surface area contributed by atoms with Crippen LogP contribution in [0.25, 0.3) is 0 Å². The minimum absolute atomic E-state index is 0.00334. The predicted octanol–water partition coefficient (Wildman–Crippen LogP) is 1.25. The van der Waals surface area contributed by atoms with Crippen molar-refractivity contribution >= 4 is 5.69 Å². The lowest BCUT2D eigenvalue weighted by Crippen LogP contribution is -2.19. The molecule has 0 aliphatic heterocycles. The summed E-state index contributed by atoms with van der Waals surface area (Å²) in [4.78, 5) is 11.4. The van der Waals surface area contributed by atoms with Crippen LogP contribution < -0.4 is 11.3 Å². The van der Waals surface area contributed by atoms with Crippen LogP contribution in [0.5, 0.6) is 0 Å². The minimum atomic E-state index is -0.00334. The molecule has 0 amide bonds. The summed E-state index contributed by atoms with van der Waals surface area (Å²) in [6, 6.07) is 3.13. The smallest absolute Gasteiger partial charge is 0.250 e. The maximum Gasteiger partial charge on any atom is 0.250 e. The number of nitrogens with zero attached hydrogens (tertiary/aromatic N) is 1. The molecule has 1 aliphatic carbocycles. The molecule has 1 aromatic rings. The summed E-state index contributed by atoms with van der Waals surface area (Å²) >= 11 is 0. The Hall–Kier alpha value is -1.29. The van der Waals surface area contributed by atoms with Gasteiger partial charge >= 0.3 is 0 Å². The molecule has 88 valence electrons. The van der Waals surface area contributed by atoms with Crippen LogP contribution in [-0.4, -0.2) is 17.8 Å². The Balaban J connectivity index is 1.71. The molecule has 1 aromatic heterocycles. The Morgan fingerprint density at radius 2 is 2.25 bits per heavy atom. The fraction of sp³-hybridized carbons (Fsp3) is 0.583. The van der Waals surface area contributed by atoms with Gasteiger partial charge in [0.15, 0.2) is 0 Å². The molecule has 1 fully saturated rings. The van der Waals surface area contributed by atoms with E-state index in [1.807, 2.05) is 0 Å². The summed E-state index contributed by atoms with van der Waals surface area (Å²) in [5.41, 5.74) is 6.24. The third-order valence-corrected chi connectivity index (χ3v) is 2.74. The predicted molar refractivity (Wildman–Crippen MR) is 63.3 cm³/mol. The van der Waals surface area contributed by atoms with Crippen molar-refractivity contribution in [3.8, 4) is 0 Å². The zero-order valence-electron chi connectivity index (χ0n) is 9.39. The third kappa shape index (κ3) is 3.38. The van der Waals surface area contributed by atoms with Crippen LogP contribution in [0, 0.1) is 5.92 Å². The Kier molecular flexibility index (Phi) is 3.62. The average Bonchev–Trinajstić information content (AvgIpc) is 3.06. The monoisotopic (exact) mass is 222 g/mol. The van der Waals surface area contributed by atoms with Crippen molar-refractivity contribution in [2.24, 2.45) is 5.92 Å². The third-order valence-electron chi connectivity index (χ3n) is 2.74. The number of nitrogen functional groups attached to an aromatic ring is 1. The number of pyridine rings is 1. The van der Waals surface area contributed by atoms with Crippen molar-refractivity contribution in [2.45, 2.75) is 25.8 Å². The SMILES string of the molecule is Nc1ccc(=O)n(CCCOCC2CC2)c1. The number of aromatic nitrogens is 1. The van der Waals surface area contributed by atoms with E-state index >= 15 is 0 Å². The van der Waals surface area contributed by atoms with E-state index in [-0.39, 0.29) is 5.56 Å². The van der Waals surface area contributed by atoms with Gasteiger partial charge in [0, 0.05) is 37.7 Å². The van der Waals surface area contributed by atoms with Crippen molar-refractivity contribution in [2.75, 3.05) is 18.9 Å². The van der Waals surface area contributed by atoms with Gasteiger partial charge in [-0.25, -0.2) is 0 Å². The van der Waals surface area contributed by atoms with Gasteiger partial charge in [0.25, 0.3) is 5.56 Å². The molecule has 4 heteroatoms. The minimum Gasteiger partial charge on any atom is -0.398 e. The van der Waals surface area contributed by atoms with E-state index in [1.165, 1.54) is 18.9 Å². The highest BCUT2D eigenvalue weighted by Gasteiger charge is 2.20. The Labute approximate surface area is 95.0 Å². The highest BCUT2D eigenvalue weighted by molar-refractivity contribution is 5.33. The second-order valence-corrected chi connectivity index (χ2v) is 4.37. The number of ether oxygens (including phenoxy) is 1. The molecular formula is C12H18N2O2. The van der Waals surface area contributed by atoms with E-state index in [1.54, 1.807) is 16.8 Å². The number of anilines is 1. The van der Waals surface area contributed by atoms with Gasteiger partial charge in [-0.3, -0.25) is 4.79 Å². The van der Waals surface area contributed by atoms with Crippen molar-refractivity contribution < 1.29 is 4.74 Å². The maximum atomic E-state index is 11.4. The Morgan fingerprint density at radius 3 is 3.00 bits per heavy atom. The van der Waals surface area contributed by atoms with Gasteiger partial charge in [0.1, 0.15) is 0 Å². The van der Waals surface area contributed by atoms with Crippen molar-refractivity contribution in [1.29, 1.82) is 0 Å². The van der Waals surface area contributed by atoms with Gasteiger partial charge in [-0.2, -0.15) is 0 Å². The molecule has 16 heavy (non-hydrogen) atoms. The number of nitrogens with two attached hydrogens (primary N) is 1. The first-order valence-corrected chi connectivity index (χ1v) is 5.79. The molecule has 0 atom stereocenters. The normalized spacial score (nSPS) is 15.2. The molecule has 0 aromatic carbocycles. The van der Waals surface area contributed by atoms with Gasteiger partial charge in [-0.1, -0.05) is 0 Å². The number of rotatable bonds is 6. The molecule has 0 unspecified atom stereocenters. The second-order valence-electron chi connectivity index (χ2n) is 4.37. The van der Waals surface area contributed by atoms with Gasteiger partial charge in [-0.15, -0.1) is 0 Å². The van der Waals surface area contributed by atoms with Crippen LogP contribution >= 0.6 is 0 Å². The van der Waals surface area contributed by atoms with Gasteiger partial charge < -0.3 is 15.0 Å². The molecule has 4 nitrogen and oxygen atoms in total. The van der Waals surface area contributed by atoms with Crippen molar-refractivity contribution in [1.82, 2.24) is 4.57 Å². The molecule has 1 saturated carbocycles. The van der Waals surface area contributed by atoms with Crippen LogP contribution in [0.4, 0.5) is 5.69 Å². The van der Waals surface area contributed by atoms with Gasteiger partial charge in [0.2, 0.25) is 0 Å². The molecule has 0 saturated heterocycles. The molecule has 1 aliphatic rings. The van der Waals surface area contributed by atoms with Crippen molar-refractivity contribution in [3.05, 3.63) is 28.7 Å². The highest BCUT2D eigenvalue weighted by Crippen LogP contribution is 2.28. The lowest BCUT2D eigenvalue weighted by atomic mass is 10.4. The fourth-order valence-electron chi connectivity index (χ4n) is 1.60. The average molecular weight is 222 g/mol. The van der Waals surface area contributed by atoms with Crippen LogP contribution in [0.1, 0.15) is 19.3 Å². The summed E-state index contributed by atoms with van der Waals surface area (Å²) < 4.78 is 7.14. The van der Waals surface area contributed by atoms with Gasteiger partial charge in [-0.05, 0) is 31.2 Å². The first kappa shape index (κ1) is 11.2. The zero-order valence-corrected chi connectivity index (χ0v) is 9.39. The van der Waals surface area contributed by atoms with Crippen molar-refractivity contribution in [3.63, 3.8) is 0 Å².